The molecule has 0 fully saturated rings. The molecular weight excluding hydrogens is 281 g/mol. The maximum absolute atomic E-state index is 10.8. The van der Waals surface area contributed by atoms with Gasteiger partial charge in [-0.3, -0.25) is 0 Å². The predicted molar refractivity (Wildman–Crippen MR) is 38.5 cm³/mol. The molecule has 0 spiro atoms. The zero-order chi connectivity index (χ0) is 9.07. The van der Waals surface area contributed by atoms with Crippen LogP contribution in [0, 0.1) is 0 Å². The van der Waals surface area contributed by atoms with E-state index in [0.29, 0.717) is 0 Å². The van der Waals surface area contributed by atoms with Crippen LogP contribution in [0.25, 0.3) is 0 Å². The van der Waals surface area contributed by atoms with Gasteiger partial charge in [0, 0.05) is 0 Å². The summed E-state index contributed by atoms with van der Waals surface area (Å²) in [5.74, 6) is 0. The molecule has 0 aromatic carbocycles. The second-order valence-corrected chi connectivity index (χ2v) is 8.11. The fraction of sp³-hybridized carbons (Fsp3) is 0.800. The van der Waals surface area contributed by atoms with Gasteiger partial charge in [-0.1, -0.05) is 0 Å². The van der Waals surface area contributed by atoms with Crippen LogP contribution in [0.1, 0.15) is 13.8 Å². The third-order valence-corrected chi connectivity index (χ3v) is 3.59. The van der Waals surface area contributed by atoms with E-state index in [1.807, 2.05) is 18.6 Å². The van der Waals surface area contributed by atoms with Gasteiger partial charge >= 0.3 is 77.1 Å². The van der Waals surface area contributed by atoms with Crippen LogP contribution in [0.4, 0.5) is 4.79 Å². The Morgan fingerprint density at radius 3 is 2.18 bits per heavy atom. The number of rotatable bonds is 3. The van der Waals surface area contributed by atoms with Crippen molar-refractivity contribution in [1.29, 1.82) is 0 Å². The summed E-state index contributed by atoms with van der Waals surface area (Å²) in [7, 11) is -3.34. The standard InChI is InChI=1S/C5H11INO3S/c1-4(2)6-5(8)7-11(3,9)10/h4H,1-3H3,(H,7,8)/q-1. The van der Waals surface area contributed by atoms with Gasteiger partial charge in [-0.25, -0.2) is 0 Å². The van der Waals surface area contributed by atoms with Gasteiger partial charge in [-0.05, 0) is 0 Å². The number of nitrogens with one attached hydrogen (secondary N) is 1. The summed E-state index contributed by atoms with van der Waals surface area (Å²) in [5, 5.41) is 0. The number of amides is 1. The molecule has 68 valence electrons. The van der Waals surface area contributed by atoms with E-state index in [1.165, 1.54) is 0 Å². The molecule has 0 aromatic heterocycles. The molecule has 0 bridgehead atoms. The summed E-state index contributed by atoms with van der Waals surface area (Å²) in [6.07, 6.45) is 0.981. The predicted octanol–water partition coefficient (Wildman–Crippen LogP) is -2.85. The Morgan fingerprint density at radius 2 is 1.91 bits per heavy atom. The van der Waals surface area contributed by atoms with Crippen molar-refractivity contribution in [3.8, 4) is 0 Å². The molecule has 0 heterocycles. The van der Waals surface area contributed by atoms with Crippen molar-refractivity contribution in [1.82, 2.24) is 4.72 Å². The summed E-state index contributed by atoms with van der Waals surface area (Å²) >= 11 is -0.693. The molecule has 0 radical (unpaired) electrons. The monoisotopic (exact) mass is 292 g/mol. The topological polar surface area (TPSA) is 63.2 Å². The van der Waals surface area contributed by atoms with E-state index in [1.54, 1.807) is 0 Å². The van der Waals surface area contributed by atoms with E-state index < -0.39 is 31.2 Å². The first kappa shape index (κ1) is 11.2. The van der Waals surface area contributed by atoms with Crippen molar-refractivity contribution in [2.45, 2.75) is 17.8 Å². The van der Waals surface area contributed by atoms with Crippen LogP contribution in [0.5, 0.6) is 0 Å². The van der Waals surface area contributed by atoms with Crippen molar-refractivity contribution in [2.75, 3.05) is 6.26 Å². The number of carbonyl (C=O) groups is 1. The summed E-state index contributed by atoms with van der Waals surface area (Å²) < 4.78 is 22.9. The van der Waals surface area contributed by atoms with E-state index >= 15 is 0 Å². The zero-order valence-electron chi connectivity index (χ0n) is 6.59. The molecule has 0 aliphatic rings. The first-order valence-corrected chi connectivity index (χ1v) is 7.18. The van der Waals surface area contributed by atoms with Crippen LogP contribution >= 0.6 is 0 Å². The van der Waals surface area contributed by atoms with Gasteiger partial charge in [-0.15, -0.1) is 0 Å². The second-order valence-electron chi connectivity index (χ2n) is 2.27. The van der Waals surface area contributed by atoms with Crippen LogP contribution in [-0.4, -0.2) is 22.5 Å². The minimum atomic E-state index is -3.34. The normalized spacial score (nSPS) is 12.0. The first-order valence-electron chi connectivity index (χ1n) is 2.96. The average Bonchev–Trinajstić information content (AvgIpc) is 1.53. The fourth-order valence-electron chi connectivity index (χ4n) is 0.366. The van der Waals surface area contributed by atoms with Gasteiger partial charge in [-0.2, -0.15) is 0 Å². The van der Waals surface area contributed by atoms with Gasteiger partial charge in [0.2, 0.25) is 0 Å². The van der Waals surface area contributed by atoms with Crippen molar-refractivity contribution in [3.05, 3.63) is 0 Å². The molecule has 0 unspecified atom stereocenters. The first-order chi connectivity index (χ1) is 4.81. The molecule has 0 saturated heterocycles. The SMILES string of the molecule is CC(C)[I-]C(=O)NS(C)(=O)=O. The van der Waals surface area contributed by atoms with E-state index in [2.05, 4.69) is 0 Å². The molecule has 4 nitrogen and oxygen atoms in total. The summed E-state index contributed by atoms with van der Waals surface area (Å²) in [4.78, 5) is 10.8. The van der Waals surface area contributed by atoms with Crippen LogP contribution in [-0.2, 0) is 10.0 Å². The van der Waals surface area contributed by atoms with Crippen molar-refractivity contribution >= 4 is 13.9 Å². The van der Waals surface area contributed by atoms with Crippen LogP contribution in [0.2, 0.25) is 0 Å². The Bertz CT molecular complexity index is 234. The Hall–Kier alpha value is 0.150. The number of alkyl halides is 1. The number of sulfonamides is 1. The van der Waals surface area contributed by atoms with Crippen molar-refractivity contribution < 1.29 is 34.4 Å². The number of hydrogen-bond acceptors (Lipinski definition) is 3. The van der Waals surface area contributed by atoms with E-state index in [0.717, 1.165) is 6.26 Å². The Morgan fingerprint density at radius 1 is 1.45 bits per heavy atom. The minimum absolute atomic E-state index is 0.288. The molecule has 0 atom stereocenters. The van der Waals surface area contributed by atoms with Gasteiger partial charge < -0.3 is 0 Å². The maximum atomic E-state index is 10.8. The van der Waals surface area contributed by atoms with Gasteiger partial charge in [0.1, 0.15) is 0 Å². The third kappa shape index (κ3) is 8.05. The molecule has 0 rings (SSSR count). The molecule has 0 aliphatic heterocycles. The van der Waals surface area contributed by atoms with Crippen molar-refractivity contribution in [3.63, 3.8) is 0 Å². The zero-order valence-corrected chi connectivity index (χ0v) is 9.56. The Kier molecular flexibility index (Phi) is 4.30. The van der Waals surface area contributed by atoms with E-state index in [-0.39, 0.29) is 7.84 Å². The van der Waals surface area contributed by atoms with Gasteiger partial charge in [0.05, 0.1) is 0 Å². The molecular formula is C5H11INO3S-. The molecule has 6 heteroatoms. The fourth-order valence-corrected chi connectivity index (χ4v) is 3.42. The number of hydrogen-bond donors (Lipinski definition) is 1. The molecule has 0 saturated carbocycles. The van der Waals surface area contributed by atoms with Crippen LogP contribution in [0.15, 0.2) is 0 Å². The van der Waals surface area contributed by atoms with Crippen LogP contribution < -0.4 is 25.9 Å². The van der Waals surface area contributed by atoms with Crippen molar-refractivity contribution in [2.24, 2.45) is 0 Å². The Labute approximate surface area is 77.1 Å². The molecule has 0 aliphatic carbocycles. The van der Waals surface area contributed by atoms with E-state index in [4.69, 9.17) is 0 Å². The second kappa shape index (κ2) is 4.24. The summed E-state index contributed by atoms with van der Waals surface area (Å²) in [5.41, 5.74) is 0. The third-order valence-electron chi connectivity index (χ3n) is 0.583. The number of halogens is 1. The van der Waals surface area contributed by atoms with Gasteiger partial charge in [0.25, 0.3) is 0 Å². The van der Waals surface area contributed by atoms with Gasteiger partial charge in [0.15, 0.2) is 0 Å². The number of carbonyl (C=O) groups excluding carboxylic acids is 1. The summed E-state index contributed by atoms with van der Waals surface area (Å²) in [6, 6.07) is 0. The average molecular weight is 292 g/mol. The molecule has 0 aromatic rings. The van der Waals surface area contributed by atoms with Crippen LogP contribution in [0.3, 0.4) is 0 Å². The Balaban J connectivity index is 3.91. The molecule has 11 heavy (non-hydrogen) atoms. The molecule has 1 N–H and O–H groups in total. The molecule has 1 amide bonds. The van der Waals surface area contributed by atoms with E-state index in [9.17, 15) is 13.2 Å². The quantitative estimate of drug-likeness (QED) is 0.264. The summed E-state index contributed by atoms with van der Waals surface area (Å²) in [6.45, 7) is 3.80.